The summed E-state index contributed by atoms with van der Waals surface area (Å²) in [5, 5.41) is 29.5. The summed E-state index contributed by atoms with van der Waals surface area (Å²) in [5.41, 5.74) is 0.725. The second kappa shape index (κ2) is 5.08. The number of phenols is 1. The van der Waals surface area contributed by atoms with Crippen molar-refractivity contribution in [1.29, 1.82) is 0 Å². The molecule has 2 aromatic heterocycles. The Balaban J connectivity index is 1.88. The van der Waals surface area contributed by atoms with E-state index in [1.165, 1.54) is 22.9 Å². The number of aromatic carboxylic acids is 1. The number of rotatable bonds is 4. The van der Waals surface area contributed by atoms with E-state index < -0.39 is 5.97 Å². The van der Waals surface area contributed by atoms with Gasteiger partial charge in [0.25, 0.3) is 0 Å². The van der Waals surface area contributed by atoms with Gasteiger partial charge in [0.05, 0.1) is 0 Å². The van der Waals surface area contributed by atoms with Crippen LogP contribution in [0.1, 0.15) is 16.3 Å². The number of furan rings is 1. The number of aromatic nitrogens is 4. The van der Waals surface area contributed by atoms with Gasteiger partial charge < -0.3 is 14.6 Å². The van der Waals surface area contributed by atoms with E-state index in [-0.39, 0.29) is 18.1 Å². The SMILES string of the molecule is O=C(O)c1ccc(Cn2nnnc2-c2ccc(O)cc2)o1. The molecule has 3 rings (SSSR count). The Labute approximate surface area is 118 Å². The van der Waals surface area contributed by atoms with E-state index in [2.05, 4.69) is 15.5 Å². The number of carbonyl (C=O) groups is 1. The molecule has 106 valence electrons. The van der Waals surface area contributed by atoms with Gasteiger partial charge in [0, 0.05) is 5.56 Å². The molecule has 1 aromatic carbocycles. The minimum atomic E-state index is -1.13. The fourth-order valence-corrected chi connectivity index (χ4v) is 1.85. The molecule has 2 heterocycles. The summed E-state index contributed by atoms with van der Waals surface area (Å²) >= 11 is 0. The van der Waals surface area contributed by atoms with E-state index in [0.29, 0.717) is 11.6 Å². The highest BCUT2D eigenvalue weighted by atomic mass is 16.4. The highest BCUT2D eigenvalue weighted by molar-refractivity contribution is 5.84. The number of carboxylic acids is 1. The normalized spacial score (nSPS) is 10.7. The Morgan fingerprint density at radius 3 is 2.62 bits per heavy atom. The second-order valence-electron chi connectivity index (χ2n) is 4.28. The van der Waals surface area contributed by atoms with Gasteiger partial charge in [-0.3, -0.25) is 0 Å². The van der Waals surface area contributed by atoms with Crippen LogP contribution in [-0.2, 0) is 6.54 Å². The molecule has 3 aromatic rings. The molecular weight excluding hydrogens is 276 g/mol. The minimum Gasteiger partial charge on any atom is -0.508 e. The first-order chi connectivity index (χ1) is 10.1. The molecule has 8 heteroatoms. The number of carboxylic acid groups (broad SMARTS) is 1. The predicted molar refractivity (Wildman–Crippen MR) is 69.7 cm³/mol. The third-order valence-corrected chi connectivity index (χ3v) is 2.84. The van der Waals surface area contributed by atoms with Crippen molar-refractivity contribution in [1.82, 2.24) is 20.2 Å². The number of hydrogen-bond acceptors (Lipinski definition) is 6. The zero-order chi connectivity index (χ0) is 14.8. The number of benzene rings is 1. The molecule has 0 aliphatic heterocycles. The van der Waals surface area contributed by atoms with Crippen LogP contribution in [0, 0.1) is 0 Å². The van der Waals surface area contributed by atoms with E-state index in [1.807, 2.05) is 0 Å². The van der Waals surface area contributed by atoms with Crippen LogP contribution in [0.2, 0.25) is 0 Å². The number of aromatic hydroxyl groups is 1. The highest BCUT2D eigenvalue weighted by Gasteiger charge is 2.13. The highest BCUT2D eigenvalue weighted by Crippen LogP contribution is 2.20. The summed E-state index contributed by atoms with van der Waals surface area (Å²) in [6, 6.07) is 9.37. The Morgan fingerprint density at radius 2 is 1.95 bits per heavy atom. The topological polar surface area (TPSA) is 114 Å². The van der Waals surface area contributed by atoms with E-state index in [4.69, 9.17) is 9.52 Å². The molecule has 0 saturated heterocycles. The minimum absolute atomic E-state index is 0.135. The summed E-state index contributed by atoms with van der Waals surface area (Å²) in [4.78, 5) is 10.8. The summed E-state index contributed by atoms with van der Waals surface area (Å²) in [5.74, 6) is -0.195. The fourth-order valence-electron chi connectivity index (χ4n) is 1.85. The quantitative estimate of drug-likeness (QED) is 0.744. The third-order valence-electron chi connectivity index (χ3n) is 2.84. The van der Waals surface area contributed by atoms with Gasteiger partial charge in [-0.05, 0) is 46.8 Å². The Morgan fingerprint density at radius 1 is 1.19 bits per heavy atom. The van der Waals surface area contributed by atoms with Gasteiger partial charge in [-0.25, -0.2) is 9.48 Å². The lowest BCUT2D eigenvalue weighted by molar-refractivity contribution is 0.0660. The molecule has 0 saturated carbocycles. The molecule has 0 aliphatic rings. The van der Waals surface area contributed by atoms with Gasteiger partial charge in [-0.15, -0.1) is 5.10 Å². The first-order valence-electron chi connectivity index (χ1n) is 6.01. The number of phenolic OH excluding ortho intramolecular Hbond substituents is 1. The van der Waals surface area contributed by atoms with Gasteiger partial charge in [-0.1, -0.05) is 0 Å². The van der Waals surface area contributed by atoms with Gasteiger partial charge >= 0.3 is 5.97 Å². The first-order valence-corrected chi connectivity index (χ1v) is 6.01. The molecule has 8 nitrogen and oxygen atoms in total. The molecule has 2 N–H and O–H groups in total. The Kier molecular flexibility index (Phi) is 3.11. The van der Waals surface area contributed by atoms with E-state index >= 15 is 0 Å². The van der Waals surface area contributed by atoms with Crippen molar-refractivity contribution in [3.05, 3.63) is 47.9 Å². The standard InChI is InChI=1S/C13H10N4O4/c18-9-3-1-8(2-4-9)12-14-15-16-17(12)7-10-5-6-11(21-10)13(19)20/h1-6,18H,7H2,(H,19,20). The van der Waals surface area contributed by atoms with Crippen molar-refractivity contribution < 1.29 is 19.4 Å². The monoisotopic (exact) mass is 286 g/mol. The van der Waals surface area contributed by atoms with Crippen molar-refractivity contribution in [2.24, 2.45) is 0 Å². The maximum absolute atomic E-state index is 10.8. The zero-order valence-corrected chi connectivity index (χ0v) is 10.7. The maximum atomic E-state index is 10.8. The van der Waals surface area contributed by atoms with Crippen LogP contribution in [0.5, 0.6) is 5.75 Å². The molecule has 0 fully saturated rings. The van der Waals surface area contributed by atoms with Crippen molar-refractivity contribution in [2.45, 2.75) is 6.54 Å². The summed E-state index contributed by atoms with van der Waals surface area (Å²) in [7, 11) is 0. The van der Waals surface area contributed by atoms with Crippen LogP contribution in [0.15, 0.2) is 40.8 Å². The lowest BCUT2D eigenvalue weighted by atomic mass is 10.2. The van der Waals surface area contributed by atoms with Gasteiger partial charge in [0.2, 0.25) is 5.76 Å². The summed E-state index contributed by atoms with van der Waals surface area (Å²) < 4.78 is 6.66. The molecule has 0 amide bonds. The molecular formula is C13H10N4O4. The van der Waals surface area contributed by atoms with Crippen LogP contribution < -0.4 is 0 Å². The van der Waals surface area contributed by atoms with Crippen molar-refractivity contribution in [3.8, 4) is 17.1 Å². The maximum Gasteiger partial charge on any atom is 0.371 e. The van der Waals surface area contributed by atoms with Crippen LogP contribution in [0.4, 0.5) is 0 Å². The zero-order valence-electron chi connectivity index (χ0n) is 10.7. The predicted octanol–water partition coefficient (Wildman–Crippen LogP) is 1.39. The van der Waals surface area contributed by atoms with Gasteiger partial charge in [0.15, 0.2) is 5.82 Å². The molecule has 0 atom stereocenters. The molecule has 0 spiro atoms. The number of nitrogens with zero attached hydrogens (tertiary/aromatic N) is 4. The number of hydrogen-bond donors (Lipinski definition) is 2. The fraction of sp³-hybridized carbons (Fsp3) is 0.0769. The van der Waals surface area contributed by atoms with Crippen LogP contribution in [0.25, 0.3) is 11.4 Å². The second-order valence-corrected chi connectivity index (χ2v) is 4.28. The van der Waals surface area contributed by atoms with Crippen LogP contribution >= 0.6 is 0 Å². The first kappa shape index (κ1) is 12.9. The van der Waals surface area contributed by atoms with E-state index in [0.717, 1.165) is 5.56 Å². The summed E-state index contributed by atoms with van der Waals surface area (Å²) in [6.07, 6.45) is 0. The number of tetrazole rings is 1. The molecule has 21 heavy (non-hydrogen) atoms. The van der Waals surface area contributed by atoms with Crippen LogP contribution in [0.3, 0.4) is 0 Å². The van der Waals surface area contributed by atoms with Gasteiger partial charge in [0.1, 0.15) is 18.1 Å². The molecule has 0 bridgehead atoms. The average Bonchev–Trinajstić information content (AvgIpc) is 3.10. The smallest absolute Gasteiger partial charge is 0.371 e. The van der Waals surface area contributed by atoms with E-state index in [9.17, 15) is 9.90 Å². The lowest BCUT2D eigenvalue weighted by Gasteiger charge is -2.02. The van der Waals surface area contributed by atoms with Gasteiger partial charge in [-0.2, -0.15) is 0 Å². The average molecular weight is 286 g/mol. The lowest BCUT2D eigenvalue weighted by Crippen LogP contribution is -2.03. The third kappa shape index (κ3) is 2.59. The van der Waals surface area contributed by atoms with Crippen molar-refractivity contribution in [2.75, 3.05) is 0 Å². The van der Waals surface area contributed by atoms with Crippen molar-refractivity contribution >= 4 is 5.97 Å². The largest absolute Gasteiger partial charge is 0.508 e. The molecule has 0 radical (unpaired) electrons. The van der Waals surface area contributed by atoms with E-state index in [1.54, 1.807) is 18.2 Å². The Hall–Kier alpha value is -3.16. The van der Waals surface area contributed by atoms with Crippen molar-refractivity contribution in [3.63, 3.8) is 0 Å². The Bertz CT molecular complexity index is 776. The van der Waals surface area contributed by atoms with Crippen LogP contribution in [-0.4, -0.2) is 36.4 Å². The summed E-state index contributed by atoms with van der Waals surface area (Å²) in [6.45, 7) is 0.205. The molecule has 0 unspecified atom stereocenters. The molecule has 0 aliphatic carbocycles.